The predicted molar refractivity (Wildman–Crippen MR) is 243 cm³/mol. The Labute approximate surface area is 341 Å². The Kier molecular flexibility index (Phi) is 7.80. The third kappa shape index (κ3) is 5.32. The number of ether oxygens (including phenoxy) is 1. The molecule has 1 aliphatic heterocycles. The van der Waals surface area contributed by atoms with E-state index in [9.17, 15) is 0 Å². The maximum Gasteiger partial charge on any atom is 0.149 e. The van der Waals surface area contributed by atoms with Gasteiger partial charge in [-0.05, 0) is 53.8 Å². The Hall–Kier alpha value is -6.62. The highest BCUT2D eigenvalue weighted by Crippen LogP contribution is 2.48. The SMILES string of the molecule is C1=CC(N(C2=CCC(C3=CCC(c4cccc5c4oc4ccccc45)C=C3)C=C2)c2cccc3c2sc2c(-c4ccccc4)cccc23)C2Oc3ccccc3C2=C1. The summed E-state index contributed by atoms with van der Waals surface area (Å²) in [5, 5.41) is 4.96. The molecule has 278 valence electrons. The van der Waals surface area contributed by atoms with Crippen LogP contribution in [0.3, 0.4) is 0 Å². The molecule has 4 unspecified atom stereocenters. The minimum Gasteiger partial charge on any atom is -0.483 e. The summed E-state index contributed by atoms with van der Waals surface area (Å²) in [4.78, 5) is 2.56. The number of thiophene rings is 1. The highest BCUT2D eigenvalue weighted by Gasteiger charge is 2.40. The van der Waals surface area contributed by atoms with Gasteiger partial charge in [-0.3, -0.25) is 0 Å². The molecule has 0 N–H and O–H groups in total. The second kappa shape index (κ2) is 13.5. The van der Waals surface area contributed by atoms with E-state index < -0.39 is 0 Å². The zero-order valence-electron chi connectivity index (χ0n) is 31.8. The second-order valence-corrected chi connectivity index (χ2v) is 16.8. The standard InChI is InChI=1S/C54H39NO2S/c1-2-12-36(13-3-1)40-17-9-20-45-46-21-11-23-48(54(46)58-53(40)45)55(47-22-10-19-44-42-15-5-7-25-50(42)57-52(44)47)38-32-30-35(31-33-38)34-26-28-37(29-27-34)39-16-8-18-43-41-14-4-6-24-49(41)56-51(39)43/h1-28,30,32-33,35,37,47,52H,29,31H2. The summed E-state index contributed by atoms with van der Waals surface area (Å²) in [5.74, 6) is 1.55. The summed E-state index contributed by atoms with van der Waals surface area (Å²) in [7, 11) is 0. The van der Waals surface area contributed by atoms with E-state index in [0.717, 1.165) is 29.8 Å². The molecule has 4 aliphatic rings. The molecular weight excluding hydrogens is 727 g/mol. The zero-order chi connectivity index (χ0) is 38.2. The lowest BCUT2D eigenvalue weighted by Gasteiger charge is -2.38. The lowest BCUT2D eigenvalue weighted by molar-refractivity contribution is 0.257. The molecule has 58 heavy (non-hydrogen) atoms. The molecule has 0 fully saturated rings. The van der Waals surface area contributed by atoms with Crippen LogP contribution in [0.4, 0.5) is 5.69 Å². The molecule has 0 radical (unpaired) electrons. The smallest absolute Gasteiger partial charge is 0.149 e. The topological polar surface area (TPSA) is 25.6 Å². The Morgan fingerprint density at radius 3 is 2.21 bits per heavy atom. The van der Waals surface area contributed by atoms with Crippen molar-refractivity contribution in [2.75, 3.05) is 4.90 Å². The van der Waals surface area contributed by atoms with Crippen molar-refractivity contribution >= 4 is 64.7 Å². The van der Waals surface area contributed by atoms with Gasteiger partial charge in [0.15, 0.2) is 0 Å². The number of para-hydroxylation sites is 3. The van der Waals surface area contributed by atoms with Crippen molar-refractivity contribution in [2.45, 2.75) is 30.9 Å². The number of furan rings is 1. The van der Waals surface area contributed by atoms with Gasteiger partial charge >= 0.3 is 0 Å². The fraction of sp³-hybridized carbons (Fsp3) is 0.111. The number of nitrogens with zero attached hydrogens (tertiary/aromatic N) is 1. The third-order valence-electron chi connectivity index (χ3n) is 12.5. The van der Waals surface area contributed by atoms with E-state index in [1.165, 1.54) is 75.7 Å². The van der Waals surface area contributed by atoms with E-state index >= 15 is 0 Å². The Morgan fingerprint density at radius 1 is 0.586 bits per heavy atom. The molecular formula is C54H39NO2S. The predicted octanol–water partition coefficient (Wildman–Crippen LogP) is 14.3. The highest BCUT2D eigenvalue weighted by atomic mass is 32.1. The average Bonchev–Trinajstić information content (AvgIpc) is 3.99. The molecule has 6 aromatic carbocycles. The van der Waals surface area contributed by atoms with Gasteiger partial charge in [-0.1, -0.05) is 164 Å². The molecule has 0 amide bonds. The summed E-state index contributed by atoms with van der Waals surface area (Å²) >= 11 is 1.90. The third-order valence-corrected chi connectivity index (χ3v) is 13.8. The monoisotopic (exact) mass is 765 g/mol. The molecule has 12 rings (SSSR count). The van der Waals surface area contributed by atoms with Crippen molar-refractivity contribution in [2.24, 2.45) is 5.92 Å². The van der Waals surface area contributed by atoms with Gasteiger partial charge in [0.2, 0.25) is 0 Å². The first-order chi connectivity index (χ1) is 28.8. The normalized spacial score (nSPS) is 20.9. The first-order valence-corrected chi connectivity index (χ1v) is 21.2. The zero-order valence-corrected chi connectivity index (χ0v) is 32.6. The van der Waals surface area contributed by atoms with Gasteiger partial charge in [0, 0.05) is 60.5 Å². The Balaban J connectivity index is 0.900. The quantitative estimate of drug-likeness (QED) is 0.169. The number of allylic oxidation sites excluding steroid dienone is 9. The molecule has 8 aromatic rings. The summed E-state index contributed by atoms with van der Waals surface area (Å²) in [5.41, 5.74) is 12.0. The van der Waals surface area contributed by atoms with Crippen LogP contribution in [-0.2, 0) is 0 Å². The van der Waals surface area contributed by atoms with Gasteiger partial charge in [0.1, 0.15) is 23.0 Å². The molecule has 0 saturated carbocycles. The van der Waals surface area contributed by atoms with E-state index in [0.29, 0.717) is 5.92 Å². The van der Waals surface area contributed by atoms with E-state index in [1.54, 1.807) is 0 Å². The second-order valence-electron chi connectivity index (χ2n) is 15.8. The van der Waals surface area contributed by atoms with Gasteiger partial charge in [-0.25, -0.2) is 0 Å². The van der Waals surface area contributed by atoms with Crippen molar-refractivity contribution in [1.29, 1.82) is 0 Å². The van der Waals surface area contributed by atoms with E-state index in [2.05, 4.69) is 187 Å². The van der Waals surface area contributed by atoms with Crippen LogP contribution in [0.15, 0.2) is 204 Å². The Morgan fingerprint density at radius 2 is 1.33 bits per heavy atom. The van der Waals surface area contributed by atoms with Gasteiger partial charge < -0.3 is 14.1 Å². The van der Waals surface area contributed by atoms with E-state index in [1.807, 2.05) is 17.4 Å². The molecule has 3 nitrogen and oxygen atoms in total. The van der Waals surface area contributed by atoms with Crippen LogP contribution < -0.4 is 9.64 Å². The molecule has 2 aromatic heterocycles. The minimum atomic E-state index is -0.129. The highest BCUT2D eigenvalue weighted by molar-refractivity contribution is 7.27. The average molecular weight is 766 g/mol. The summed E-state index contributed by atoms with van der Waals surface area (Å²) in [6.07, 6.45) is 23.0. The molecule has 3 heterocycles. The van der Waals surface area contributed by atoms with Crippen molar-refractivity contribution in [3.05, 3.63) is 211 Å². The molecule has 4 heteroatoms. The summed E-state index contributed by atoms with van der Waals surface area (Å²) < 4.78 is 15.9. The first-order valence-electron chi connectivity index (χ1n) is 20.4. The van der Waals surface area contributed by atoms with Crippen LogP contribution in [0, 0.1) is 5.92 Å². The van der Waals surface area contributed by atoms with E-state index in [-0.39, 0.29) is 18.1 Å². The van der Waals surface area contributed by atoms with Crippen LogP contribution in [0.25, 0.3) is 58.8 Å². The lowest BCUT2D eigenvalue weighted by atomic mass is 9.83. The van der Waals surface area contributed by atoms with Gasteiger partial charge in [-0.2, -0.15) is 0 Å². The summed E-state index contributed by atoms with van der Waals surface area (Å²) in [6.45, 7) is 0. The fourth-order valence-corrected chi connectivity index (χ4v) is 11.1. The van der Waals surface area contributed by atoms with Crippen molar-refractivity contribution in [1.82, 2.24) is 0 Å². The first kappa shape index (κ1) is 33.5. The number of hydrogen-bond acceptors (Lipinski definition) is 4. The van der Waals surface area contributed by atoms with Gasteiger partial charge in [-0.15, -0.1) is 11.3 Å². The van der Waals surface area contributed by atoms with Crippen LogP contribution in [0.1, 0.15) is 29.9 Å². The number of hydrogen-bond donors (Lipinski definition) is 0. The number of rotatable bonds is 6. The van der Waals surface area contributed by atoms with E-state index in [4.69, 9.17) is 9.15 Å². The molecule has 0 bridgehead atoms. The maximum atomic E-state index is 6.84. The van der Waals surface area contributed by atoms with Gasteiger partial charge in [0.25, 0.3) is 0 Å². The number of fused-ring (bicyclic) bond motifs is 9. The molecule has 4 atom stereocenters. The van der Waals surface area contributed by atoms with Gasteiger partial charge in [0.05, 0.1) is 16.4 Å². The molecule has 0 spiro atoms. The van der Waals surface area contributed by atoms with Crippen LogP contribution >= 0.6 is 11.3 Å². The van der Waals surface area contributed by atoms with Crippen molar-refractivity contribution < 1.29 is 9.15 Å². The fourth-order valence-electron chi connectivity index (χ4n) is 9.75. The largest absolute Gasteiger partial charge is 0.483 e. The van der Waals surface area contributed by atoms with Crippen LogP contribution in [0.5, 0.6) is 5.75 Å². The number of benzene rings is 6. The van der Waals surface area contributed by atoms with Crippen molar-refractivity contribution in [3.8, 4) is 16.9 Å². The lowest BCUT2D eigenvalue weighted by Crippen LogP contribution is -2.44. The maximum absolute atomic E-state index is 6.84. The van der Waals surface area contributed by atoms with Crippen LogP contribution in [0.2, 0.25) is 0 Å². The minimum absolute atomic E-state index is 0.0419. The van der Waals surface area contributed by atoms with Crippen molar-refractivity contribution in [3.63, 3.8) is 0 Å². The number of anilines is 1. The summed E-state index contributed by atoms with van der Waals surface area (Å²) in [6, 6.07) is 47.7. The molecule has 0 saturated heterocycles. The van der Waals surface area contributed by atoms with Crippen LogP contribution in [-0.4, -0.2) is 12.1 Å². The molecule has 3 aliphatic carbocycles. The Bertz CT molecular complexity index is 3130.